The third kappa shape index (κ3) is 4.58. The van der Waals surface area contributed by atoms with Crippen LogP contribution in [0.1, 0.15) is 5.56 Å². The minimum absolute atomic E-state index is 0.544. The van der Waals surface area contributed by atoms with Crippen LogP contribution in [0.2, 0.25) is 5.15 Å². The monoisotopic (exact) mass is 206 g/mol. The molecule has 0 fully saturated rings. The van der Waals surface area contributed by atoms with Gasteiger partial charge in [0.2, 0.25) is 0 Å². The summed E-state index contributed by atoms with van der Waals surface area (Å²) < 4.78 is 0. The normalized spacial score (nSPS) is 8.71. The summed E-state index contributed by atoms with van der Waals surface area (Å²) in [5.74, 6) is 0. The molecular formula is C11H11ClN2. The second-order valence-corrected chi connectivity index (χ2v) is 3.07. The highest BCUT2D eigenvalue weighted by atomic mass is 35.5. The van der Waals surface area contributed by atoms with E-state index < -0.39 is 0 Å². The van der Waals surface area contributed by atoms with Gasteiger partial charge in [0.05, 0.1) is 0 Å². The number of halogens is 1. The molecule has 0 N–H and O–H groups in total. The topological polar surface area (TPSA) is 25.8 Å². The van der Waals surface area contributed by atoms with Gasteiger partial charge >= 0.3 is 0 Å². The molecule has 0 amide bonds. The van der Waals surface area contributed by atoms with Crippen LogP contribution in [0.25, 0.3) is 0 Å². The molecule has 0 aliphatic carbocycles. The Balaban J connectivity index is 0.000000140. The number of aryl methyl sites for hydroxylation is 1. The predicted octanol–water partition coefficient (Wildman–Crippen LogP) is 3.13. The van der Waals surface area contributed by atoms with Gasteiger partial charge in [0.25, 0.3) is 0 Å². The molecule has 0 saturated carbocycles. The second kappa shape index (κ2) is 6.11. The van der Waals surface area contributed by atoms with Crippen LogP contribution in [0.3, 0.4) is 0 Å². The summed E-state index contributed by atoms with van der Waals surface area (Å²) in [7, 11) is 0. The van der Waals surface area contributed by atoms with E-state index in [1.807, 2.05) is 37.4 Å². The zero-order valence-electron chi connectivity index (χ0n) is 7.89. The standard InChI is InChI=1S/C6H7N.C5H4ClN/c1-6-3-2-4-7-5-6;6-5-3-1-2-4-7-5/h2-5H,1H3;1-4H. The third-order valence-electron chi connectivity index (χ3n) is 1.44. The van der Waals surface area contributed by atoms with Gasteiger partial charge in [-0.05, 0) is 30.7 Å². The number of nitrogens with zero attached hydrogens (tertiary/aromatic N) is 2. The summed E-state index contributed by atoms with van der Waals surface area (Å²) in [5.41, 5.74) is 1.21. The molecule has 0 bridgehead atoms. The van der Waals surface area contributed by atoms with Crippen molar-refractivity contribution < 1.29 is 0 Å². The lowest BCUT2D eigenvalue weighted by Crippen LogP contribution is -1.69. The Morgan fingerprint density at radius 3 is 2.21 bits per heavy atom. The molecule has 2 aromatic heterocycles. The molecule has 0 aliphatic rings. The number of hydrogen-bond donors (Lipinski definition) is 0. The number of rotatable bonds is 0. The average molecular weight is 207 g/mol. The molecule has 0 aliphatic heterocycles. The van der Waals surface area contributed by atoms with Gasteiger partial charge in [-0.2, -0.15) is 0 Å². The Bertz CT molecular complexity index is 311. The molecule has 2 heterocycles. The summed E-state index contributed by atoms with van der Waals surface area (Å²) >= 11 is 5.43. The molecule has 2 aromatic rings. The fourth-order valence-electron chi connectivity index (χ4n) is 0.790. The summed E-state index contributed by atoms with van der Waals surface area (Å²) in [5, 5.41) is 0.544. The first-order valence-electron chi connectivity index (χ1n) is 4.22. The van der Waals surface area contributed by atoms with Crippen molar-refractivity contribution >= 4 is 11.6 Å². The zero-order chi connectivity index (χ0) is 10.2. The van der Waals surface area contributed by atoms with Gasteiger partial charge in [-0.25, -0.2) is 4.98 Å². The van der Waals surface area contributed by atoms with Crippen molar-refractivity contribution in [2.75, 3.05) is 0 Å². The highest BCUT2D eigenvalue weighted by molar-refractivity contribution is 6.29. The Morgan fingerprint density at radius 2 is 1.93 bits per heavy atom. The molecular weight excluding hydrogens is 196 g/mol. The van der Waals surface area contributed by atoms with Crippen LogP contribution >= 0.6 is 11.6 Å². The van der Waals surface area contributed by atoms with E-state index in [9.17, 15) is 0 Å². The first-order valence-corrected chi connectivity index (χ1v) is 4.60. The van der Waals surface area contributed by atoms with Crippen LogP contribution in [-0.4, -0.2) is 9.97 Å². The molecule has 72 valence electrons. The minimum atomic E-state index is 0.544. The molecule has 0 saturated heterocycles. The van der Waals surface area contributed by atoms with Crippen molar-refractivity contribution in [3.63, 3.8) is 0 Å². The van der Waals surface area contributed by atoms with Crippen molar-refractivity contribution in [1.82, 2.24) is 9.97 Å². The molecule has 2 rings (SSSR count). The maximum Gasteiger partial charge on any atom is 0.129 e. The number of hydrogen-bond acceptors (Lipinski definition) is 2. The lowest BCUT2D eigenvalue weighted by atomic mass is 10.3. The maximum atomic E-state index is 5.43. The van der Waals surface area contributed by atoms with Crippen LogP contribution in [-0.2, 0) is 0 Å². The van der Waals surface area contributed by atoms with Crippen molar-refractivity contribution in [2.45, 2.75) is 6.92 Å². The van der Waals surface area contributed by atoms with Crippen molar-refractivity contribution in [3.05, 3.63) is 59.6 Å². The van der Waals surface area contributed by atoms with Gasteiger partial charge in [0, 0.05) is 18.6 Å². The van der Waals surface area contributed by atoms with E-state index in [4.69, 9.17) is 11.6 Å². The first-order chi connectivity index (χ1) is 6.79. The number of aromatic nitrogens is 2. The van der Waals surface area contributed by atoms with E-state index in [2.05, 4.69) is 9.97 Å². The first kappa shape index (κ1) is 10.7. The average Bonchev–Trinajstić information content (AvgIpc) is 2.21. The van der Waals surface area contributed by atoms with Crippen molar-refractivity contribution in [2.24, 2.45) is 0 Å². The SMILES string of the molecule is Cc1cccnc1.Clc1ccccn1. The molecule has 2 nitrogen and oxygen atoms in total. The van der Waals surface area contributed by atoms with Gasteiger partial charge in [-0.3, -0.25) is 4.98 Å². The Kier molecular flexibility index (Phi) is 4.65. The lowest BCUT2D eigenvalue weighted by Gasteiger charge is -1.82. The van der Waals surface area contributed by atoms with Crippen LogP contribution < -0.4 is 0 Å². The van der Waals surface area contributed by atoms with Crippen LogP contribution in [0.15, 0.2) is 48.9 Å². The van der Waals surface area contributed by atoms with Gasteiger partial charge < -0.3 is 0 Å². The molecule has 0 spiro atoms. The molecule has 0 atom stereocenters. The number of pyridine rings is 2. The van der Waals surface area contributed by atoms with Gasteiger partial charge in [-0.15, -0.1) is 0 Å². The van der Waals surface area contributed by atoms with E-state index in [1.54, 1.807) is 18.5 Å². The minimum Gasteiger partial charge on any atom is -0.264 e. The summed E-state index contributed by atoms with van der Waals surface area (Å²) in [6.45, 7) is 2.02. The fourth-order valence-corrected chi connectivity index (χ4v) is 0.919. The molecule has 0 aromatic carbocycles. The highest BCUT2D eigenvalue weighted by Gasteiger charge is 1.76. The van der Waals surface area contributed by atoms with Crippen LogP contribution in [0, 0.1) is 6.92 Å². The summed E-state index contributed by atoms with van der Waals surface area (Å²) in [4.78, 5) is 7.63. The van der Waals surface area contributed by atoms with Gasteiger partial charge in [0.15, 0.2) is 0 Å². The predicted molar refractivity (Wildman–Crippen MR) is 58.2 cm³/mol. The van der Waals surface area contributed by atoms with E-state index >= 15 is 0 Å². The largest absolute Gasteiger partial charge is 0.264 e. The van der Waals surface area contributed by atoms with E-state index in [0.717, 1.165) is 0 Å². The molecule has 3 heteroatoms. The van der Waals surface area contributed by atoms with Crippen molar-refractivity contribution in [1.29, 1.82) is 0 Å². The third-order valence-corrected chi connectivity index (χ3v) is 1.66. The molecule has 14 heavy (non-hydrogen) atoms. The van der Waals surface area contributed by atoms with E-state index in [0.29, 0.717) is 5.15 Å². The van der Waals surface area contributed by atoms with E-state index in [1.165, 1.54) is 5.56 Å². The highest BCUT2D eigenvalue weighted by Crippen LogP contribution is 1.98. The fraction of sp³-hybridized carbons (Fsp3) is 0.0909. The Labute approximate surface area is 88.6 Å². The van der Waals surface area contributed by atoms with Gasteiger partial charge in [-0.1, -0.05) is 23.7 Å². The molecule has 0 radical (unpaired) electrons. The second-order valence-electron chi connectivity index (χ2n) is 2.68. The Hall–Kier alpha value is -1.41. The van der Waals surface area contributed by atoms with Crippen LogP contribution in [0.4, 0.5) is 0 Å². The summed E-state index contributed by atoms with van der Waals surface area (Å²) in [6.07, 6.45) is 5.26. The summed E-state index contributed by atoms with van der Waals surface area (Å²) in [6, 6.07) is 9.35. The quantitative estimate of drug-likeness (QED) is 0.619. The zero-order valence-corrected chi connectivity index (χ0v) is 8.65. The Morgan fingerprint density at radius 1 is 1.07 bits per heavy atom. The maximum absolute atomic E-state index is 5.43. The molecule has 0 unspecified atom stereocenters. The smallest absolute Gasteiger partial charge is 0.129 e. The van der Waals surface area contributed by atoms with Crippen molar-refractivity contribution in [3.8, 4) is 0 Å². The van der Waals surface area contributed by atoms with E-state index in [-0.39, 0.29) is 0 Å². The van der Waals surface area contributed by atoms with Gasteiger partial charge in [0.1, 0.15) is 5.15 Å². The lowest BCUT2D eigenvalue weighted by molar-refractivity contribution is 1.27. The van der Waals surface area contributed by atoms with Crippen LogP contribution in [0.5, 0.6) is 0 Å².